The Bertz CT molecular complexity index is 193. The van der Waals surface area contributed by atoms with Crippen molar-refractivity contribution in [2.75, 3.05) is 5.75 Å². The topological polar surface area (TPSA) is 66.4 Å². The maximum absolute atomic E-state index is 10.6. The van der Waals surface area contributed by atoms with Gasteiger partial charge in [0.05, 0.1) is 0 Å². The first kappa shape index (κ1) is 7.40. The number of amides is 1. The SMILES string of the molecule is C[C@@]1(C(=O)O)CSC(=O)N1. The van der Waals surface area contributed by atoms with Gasteiger partial charge in [0.2, 0.25) is 0 Å². The monoisotopic (exact) mass is 161 g/mol. The predicted octanol–water partition coefficient (Wildman–Crippen LogP) is 0.286. The Morgan fingerprint density at radius 3 is 2.70 bits per heavy atom. The molecular weight excluding hydrogens is 154 g/mol. The van der Waals surface area contributed by atoms with E-state index < -0.39 is 11.5 Å². The number of carbonyl (C=O) groups is 2. The molecule has 5 heteroatoms. The Hall–Kier alpha value is -0.710. The maximum Gasteiger partial charge on any atom is 0.330 e. The molecular formula is C5H7NO3S. The smallest absolute Gasteiger partial charge is 0.330 e. The van der Waals surface area contributed by atoms with Gasteiger partial charge in [0.25, 0.3) is 5.24 Å². The van der Waals surface area contributed by atoms with Gasteiger partial charge >= 0.3 is 5.97 Å². The van der Waals surface area contributed by atoms with Crippen LogP contribution in [-0.2, 0) is 4.79 Å². The second kappa shape index (κ2) is 2.16. The van der Waals surface area contributed by atoms with E-state index in [0.29, 0.717) is 5.75 Å². The summed E-state index contributed by atoms with van der Waals surface area (Å²) < 4.78 is 0. The second-order valence-electron chi connectivity index (χ2n) is 2.34. The molecule has 0 aromatic heterocycles. The minimum Gasteiger partial charge on any atom is -0.479 e. The van der Waals surface area contributed by atoms with Crippen LogP contribution in [0.15, 0.2) is 0 Å². The van der Waals surface area contributed by atoms with Gasteiger partial charge in [0, 0.05) is 5.75 Å². The van der Waals surface area contributed by atoms with Crippen LogP contribution in [0, 0.1) is 0 Å². The second-order valence-corrected chi connectivity index (χ2v) is 3.29. The average Bonchev–Trinajstić information content (AvgIpc) is 2.13. The summed E-state index contributed by atoms with van der Waals surface area (Å²) in [7, 11) is 0. The van der Waals surface area contributed by atoms with Gasteiger partial charge in [-0.3, -0.25) is 4.79 Å². The molecule has 1 fully saturated rings. The van der Waals surface area contributed by atoms with E-state index in [2.05, 4.69) is 5.32 Å². The number of carboxylic acids is 1. The third-order valence-electron chi connectivity index (χ3n) is 1.34. The summed E-state index contributed by atoms with van der Waals surface area (Å²) >= 11 is 1.00. The van der Waals surface area contributed by atoms with Crippen LogP contribution in [0.3, 0.4) is 0 Å². The summed E-state index contributed by atoms with van der Waals surface area (Å²) in [5.41, 5.74) is -1.05. The Kier molecular flexibility index (Phi) is 1.60. The number of nitrogens with one attached hydrogen (secondary N) is 1. The van der Waals surface area contributed by atoms with E-state index in [0.717, 1.165) is 11.8 Å². The van der Waals surface area contributed by atoms with E-state index in [1.54, 1.807) is 0 Å². The van der Waals surface area contributed by atoms with E-state index in [1.165, 1.54) is 6.92 Å². The first-order valence-electron chi connectivity index (χ1n) is 2.73. The van der Waals surface area contributed by atoms with E-state index in [1.807, 2.05) is 0 Å². The first-order chi connectivity index (χ1) is 4.54. The molecule has 4 nitrogen and oxygen atoms in total. The quantitative estimate of drug-likeness (QED) is 0.580. The summed E-state index contributed by atoms with van der Waals surface area (Å²) in [6.45, 7) is 1.49. The van der Waals surface area contributed by atoms with Crippen LogP contribution in [0.25, 0.3) is 0 Å². The van der Waals surface area contributed by atoms with Crippen molar-refractivity contribution in [1.82, 2.24) is 5.32 Å². The van der Waals surface area contributed by atoms with Crippen molar-refractivity contribution in [1.29, 1.82) is 0 Å². The Balaban J connectivity index is 2.72. The van der Waals surface area contributed by atoms with Crippen LogP contribution in [-0.4, -0.2) is 27.6 Å². The maximum atomic E-state index is 10.6. The van der Waals surface area contributed by atoms with Crippen LogP contribution in [0.2, 0.25) is 0 Å². The first-order valence-corrected chi connectivity index (χ1v) is 3.71. The molecule has 0 unspecified atom stereocenters. The van der Waals surface area contributed by atoms with Gasteiger partial charge in [0.1, 0.15) is 5.54 Å². The molecule has 0 saturated carbocycles. The number of thioether (sulfide) groups is 1. The van der Waals surface area contributed by atoms with Gasteiger partial charge in [-0.2, -0.15) is 0 Å². The van der Waals surface area contributed by atoms with Crippen LogP contribution in [0.5, 0.6) is 0 Å². The third-order valence-corrected chi connectivity index (χ3v) is 2.43. The molecule has 0 spiro atoms. The Morgan fingerprint density at radius 1 is 1.90 bits per heavy atom. The molecule has 1 saturated heterocycles. The van der Waals surface area contributed by atoms with Gasteiger partial charge < -0.3 is 10.4 Å². The minimum atomic E-state index is -1.05. The molecule has 0 radical (unpaired) electrons. The molecule has 56 valence electrons. The molecule has 0 aromatic rings. The lowest BCUT2D eigenvalue weighted by Gasteiger charge is -2.15. The lowest BCUT2D eigenvalue weighted by molar-refractivity contribution is -0.142. The fraction of sp³-hybridized carbons (Fsp3) is 0.600. The molecule has 1 atom stereocenters. The van der Waals surface area contributed by atoms with E-state index in [4.69, 9.17) is 5.11 Å². The van der Waals surface area contributed by atoms with Crippen LogP contribution < -0.4 is 5.32 Å². The van der Waals surface area contributed by atoms with Gasteiger partial charge in [-0.25, -0.2) is 4.79 Å². The fourth-order valence-corrected chi connectivity index (χ4v) is 1.54. The Labute approximate surface area is 62.0 Å². The molecule has 1 amide bonds. The lowest BCUT2D eigenvalue weighted by atomic mass is 10.1. The van der Waals surface area contributed by atoms with Crippen molar-refractivity contribution in [2.24, 2.45) is 0 Å². The van der Waals surface area contributed by atoms with Gasteiger partial charge in [-0.1, -0.05) is 11.8 Å². The number of carboxylic acid groups (broad SMARTS) is 1. The number of hydrogen-bond donors (Lipinski definition) is 2. The summed E-state index contributed by atoms with van der Waals surface area (Å²) in [6.07, 6.45) is 0. The van der Waals surface area contributed by atoms with Gasteiger partial charge in [-0.15, -0.1) is 0 Å². The summed E-state index contributed by atoms with van der Waals surface area (Å²) in [6, 6.07) is 0. The van der Waals surface area contributed by atoms with E-state index in [9.17, 15) is 9.59 Å². The molecule has 1 heterocycles. The van der Waals surface area contributed by atoms with Gasteiger partial charge in [-0.05, 0) is 6.92 Å². The molecule has 1 rings (SSSR count). The standard InChI is InChI=1S/C5H7NO3S/c1-5(3(7)8)2-10-4(9)6-5/h2H2,1H3,(H,6,9)(H,7,8)/t5-/m0/s1. The average molecular weight is 161 g/mol. The van der Waals surface area contributed by atoms with Crippen molar-refractivity contribution < 1.29 is 14.7 Å². The fourth-order valence-electron chi connectivity index (χ4n) is 0.623. The normalized spacial score (nSPS) is 31.9. The van der Waals surface area contributed by atoms with Crippen LogP contribution in [0.1, 0.15) is 6.92 Å². The van der Waals surface area contributed by atoms with Crippen molar-refractivity contribution in [3.05, 3.63) is 0 Å². The highest BCUT2D eigenvalue weighted by Gasteiger charge is 2.40. The van der Waals surface area contributed by atoms with Crippen molar-refractivity contribution >= 4 is 23.0 Å². The number of rotatable bonds is 1. The minimum absolute atomic E-state index is 0.259. The third kappa shape index (κ3) is 1.09. The van der Waals surface area contributed by atoms with Crippen molar-refractivity contribution in [3.63, 3.8) is 0 Å². The van der Waals surface area contributed by atoms with Crippen molar-refractivity contribution in [3.8, 4) is 0 Å². The zero-order valence-electron chi connectivity index (χ0n) is 5.38. The molecule has 2 N–H and O–H groups in total. The highest BCUT2D eigenvalue weighted by molar-refractivity contribution is 8.14. The predicted molar refractivity (Wildman–Crippen MR) is 37.0 cm³/mol. The molecule has 0 aromatic carbocycles. The van der Waals surface area contributed by atoms with Gasteiger partial charge in [0.15, 0.2) is 0 Å². The zero-order chi connectivity index (χ0) is 7.78. The Morgan fingerprint density at radius 2 is 2.50 bits per heavy atom. The zero-order valence-corrected chi connectivity index (χ0v) is 6.20. The van der Waals surface area contributed by atoms with Crippen molar-refractivity contribution in [2.45, 2.75) is 12.5 Å². The highest BCUT2D eigenvalue weighted by atomic mass is 32.2. The van der Waals surface area contributed by atoms with Crippen LogP contribution in [0.4, 0.5) is 4.79 Å². The largest absolute Gasteiger partial charge is 0.479 e. The number of hydrogen-bond acceptors (Lipinski definition) is 3. The number of aliphatic carboxylic acids is 1. The number of carbonyl (C=O) groups excluding carboxylic acids is 1. The molecule has 10 heavy (non-hydrogen) atoms. The summed E-state index contributed by atoms with van der Waals surface area (Å²) in [5, 5.41) is 10.7. The molecule has 1 aliphatic rings. The van der Waals surface area contributed by atoms with E-state index >= 15 is 0 Å². The molecule has 0 bridgehead atoms. The van der Waals surface area contributed by atoms with Crippen LogP contribution >= 0.6 is 11.8 Å². The summed E-state index contributed by atoms with van der Waals surface area (Å²) in [5.74, 6) is -0.674. The van der Waals surface area contributed by atoms with E-state index in [-0.39, 0.29) is 5.24 Å². The lowest BCUT2D eigenvalue weighted by Crippen LogP contribution is -2.47. The summed E-state index contributed by atoms with van der Waals surface area (Å²) in [4.78, 5) is 21.0. The molecule has 1 aliphatic heterocycles. The highest BCUT2D eigenvalue weighted by Crippen LogP contribution is 2.22. The molecule has 0 aliphatic carbocycles.